The number of carbonyl (C=O) groups is 2. The summed E-state index contributed by atoms with van der Waals surface area (Å²) in [5.74, 6) is -0.302. The van der Waals surface area contributed by atoms with Crippen molar-refractivity contribution in [3.8, 4) is 0 Å². The number of rotatable bonds is 9. The van der Waals surface area contributed by atoms with Crippen LogP contribution in [0.3, 0.4) is 0 Å². The fraction of sp³-hybridized carbons (Fsp3) is 0.280. The summed E-state index contributed by atoms with van der Waals surface area (Å²) in [5, 5.41) is 6.33. The van der Waals surface area contributed by atoms with E-state index in [1.165, 1.54) is 13.0 Å². The topological polar surface area (TPSA) is 114 Å². The summed E-state index contributed by atoms with van der Waals surface area (Å²) in [7, 11) is -3.72. The Morgan fingerprint density at radius 2 is 1.56 bits per heavy atom. The molecule has 3 rings (SSSR count). The molecule has 0 aromatic heterocycles. The Labute approximate surface area is 199 Å². The molecule has 9 heteroatoms. The van der Waals surface area contributed by atoms with Crippen LogP contribution in [0.15, 0.2) is 71.6 Å². The first-order valence-electron chi connectivity index (χ1n) is 11.0. The standard InChI is InChI=1S/C25H29N3O5S/c1-17(2)15-26-34(31,32)23-14-8-11-20-21(23)12-7-13-22(20)28-24(29)18(3)27-25(30)33-16-19-9-5-4-6-10-19/h4-14,17-18,26H,15-16H2,1-3H3,(H,27,30)(H,28,29)/t18-/m1/s1. The number of benzene rings is 3. The van der Waals surface area contributed by atoms with Gasteiger partial charge in [0.15, 0.2) is 0 Å². The molecule has 0 saturated carbocycles. The zero-order chi connectivity index (χ0) is 24.7. The van der Waals surface area contributed by atoms with Crippen molar-refractivity contribution in [2.24, 2.45) is 5.92 Å². The Hall–Kier alpha value is -3.43. The Morgan fingerprint density at radius 3 is 2.26 bits per heavy atom. The molecular weight excluding hydrogens is 454 g/mol. The zero-order valence-corrected chi connectivity index (χ0v) is 20.2. The minimum Gasteiger partial charge on any atom is -0.445 e. The molecular formula is C25H29N3O5S. The molecule has 0 aliphatic rings. The van der Waals surface area contributed by atoms with E-state index in [1.807, 2.05) is 44.2 Å². The lowest BCUT2D eigenvalue weighted by Crippen LogP contribution is -2.41. The van der Waals surface area contributed by atoms with Crippen molar-refractivity contribution in [3.63, 3.8) is 0 Å². The lowest BCUT2D eigenvalue weighted by molar-refractivity contribution is -0.117. The van der Waals surface area contributed by atoms with Crippen LogP contribution in [-0.2, 0) is 26.2 Å². The van der Waals surface area contributed by atoms with Crippen LogP contribution in [0.5, 0.6) is 0 Å². The van der Waals surface area contributed by atoms with Gasteiger partial charge in [0.2, 0.25) is 15.9 Å². The minimum absolute atomic E-state index is 0.0897. The van der Waals surface area contributed by atoms with E-state index in [4.69, 9.17) is 4.74 Å². The summed E-state index contributed by atoms with van der Waals surface area (Å²) in [5.41, 5.74) is 1.27. The van der Waals surface area contributed by atoms with Crippen molar-refractivity contribution < 1.29 is 22.7 Å². The maximum atomic E-state index is 12.8. The normalized spacial score (nSPS) is 12.4. The third-order valence-corrected chi connectivity index (χ3v) is 6.53. The second kappa shape index (κ2) is 11.1. The van der Waals surface area contributed by atoms with E-state index in [9.17, 15) is 18.0 Å². The van der Waals surface area contributed by atoms with Gasteiger partial charge in [-0.2, -0.15) is 0 Å². The number of anilines is 1. The minimum atomic E-state index is -3.72. The van der Waals surface area contributed by atoms with Gasteiger partial charge in [0.05, 0.1) is 4.90 Å². The Morgan fingerprint density at radius 1 is 0.882 bits per heavy atom. The van der Waals surface area contributed by atoms with Gasteiger partial charge in [-0.15, -0.1) is 0 Å². The van der Waals surface area contributed by atoms with Gasteiger partial charge in [0.1, 0.15) is 12.6 Å². The predicted molar refractivity (Wildman–Crippen MR) is 132 cm³/mol. The van der Waals surface area contributed by atoms with Crippen LogP contribution >= 0.6 is 0 Å². The summed E-state index contributed by atoms with van der Waals surface area (Å²) >= 11 is 0. The third-order valence-electron chi connectivity index (χ3n) is 5.05. The molecule has 0 aliphatic carbocycles. The van der Waals surface area contributed by atoms with Gasteiger partial charge in [-0.25, -0.2) is 17.9 Å². The lowest BCUT2D eigenvalue weighted by atomic mass is 10.1. The quantitative estimate of drug-likeness (QED) is 0.425. The van der Waals surface area contributed by atoms with Crippen molar-refractivity contribution in [2.45, 2.75) is 38.3 Å². The maximum absolute atomic E-state index is 12.8. The molecule has 1 atom stereocenters. The number of ether oxygens (including phenoxy) is 1. The molecule has 0 spiro atoms. The van der Waals surface area contributed by atoms with Crippen LogP contribution in [-0.4, -0.2) is 33.0 Å². The van der Waals surface area contributed by atoms with Crippen LogP contribution in [0.4, 0.5) is 10.5 Å². The van der Waals surface area contributed by atoms with Gasteiger partial charge in [-0.1, -0.05) is 68.4 Å². The highest BCUT2D eigenvalue weighted by molar-refractivity contribution is 7.89. The number of hydrogen-bond donors (Lipinski definition) is 3. The van der Waals surface area contributed by atoms with E-state index in [2.05, 4.69) is 15.4 Å². The molecule has 2 amide bonds. The lowest BCUT2D eigenvalue weighted by Gasteiger charge is -2.16. The SMILES string of the molecule is CC(C)CNS(=O)(=O)c1cccc2c(NC(=O)[C@@H](C)NC(=O)OCc3ccccc3)cccc12. The Kier molecular flexibility index (Phi) is 8.25. The fourth-order valence-electron chi connectivity index (χ4n) is 3.23. The van der Waals surface area contributed by atoms with E-state index in [0.717, 1.165) is 5.56 Å². The smallest absolute Gasteiger partial charge is 0.408 e. The van der Waals surface area contributed by atoms with Crippen LogP contribution < -0.4 is 15.4 Å². The Bertz CT molecular complexity index is 1260. The number of amides is 2. The van der Waals surface area contributed by atoms with Gasteiger partial charge in [0.25, 0.3) is 0 Å². The summed E-state index contributed by atoms with van der Waals surface area (Å²) in [6.07, 6.45) is -0.714. The van der Waals surface area contributed by atoms with Gasteiger partial charge in [0, 0.05) is 23.0 Å². The van der Waals surface area contributed by atoms with Crippen molar-refractivity contribution >= 4 is 38.5 Å². The first-order chi connectivity index (χ1) is 16.2. The van der Waals surface area contributed by atoms with Crippen molar-refractivity contribution in [2.75, 3.05) is 11.9 Å². The molecule has 3 N–H and O–H groups in total. The molecule has 0 bridgehead atoms. The number of alkyl carbamates (subject to hydrolysis) is 1. The number of nitrogens with one attached hydrogen (secondary N) is 3. The van der Waals surface area contributed by atoms with E-state index in [1.54, 1.807) is 30.3 Å². The zero-order valence-electron chi connectivity index (χ0n) is 19.4. The van der Waals surface area contributed by atoms with Crippen molar-refractivity contribution in [3.05, 3.63) is 72.3 Å². The monoisotopic (exact) mass is 483 g/mol. The summed E-state index contributed by atoms with van der Waals surface area (Å²) in [6, 6.07) is 18.3. The van der Waals surface area contributed by atoms with E-state index < -0.39 is 28.1 Å². The first kappa shape index (κ1) is 25.2. The van der Waals surface area contributed by atoms with E-state index in [-0.39, 0.29) is 17.4 Å². The van der Waals surface area contributed by atoms with Gasteiger partial charge in [-0.05, 0) is 30.5 Å². The molecule has 0 heterocycles. The molecule has 0 unspecified atom stereocenters. The molecule has 3 aromatic carbocycles. The highest BCUT2D eigenvalue weighted by Gasteiger charge is 2.20. The highest BCUT2D eigenvalue weighted by atomic mass is 32.2. The molecule has 0 fully saturated rings. The molecule has 0 radical (unpaired) electrons. The number of fused-ring (bicyclic) bond motifs is 1. The molecule has 0 saturated heterocycles. The molecule has 0 aliphatic heterocycles. The Balaban J connectivity index is 1.70. The maximum Gasteiger partial charge on any atom is 0.408 e. The van der Waals surface area contributed by atoms with Crippen LogP contribution in [0.2, 0.25) is 0 Å². The molecule has 34 heavy (non-hydrogen) atoms. The van der Waals surface area contributed by atoms with Crippen molar-refractivity contribution in [1.82, 2.24) is 10.0 Å². The largest absolute Gasteiger partial charge is 0.445 e. The number of carbonyl (C=O) groups excluding carboxylic acids is 2. The number of hydrogen-bond acceptors (Lipinski definition) is 5. The highest BCUT2D eigenvalue weighted by Crippen LogP contribution is 2.29. The second-order valence-corrected chi connectivity index (χ2v) is 10.1. The van der Waals surface area contributed by atoms with E-state index >= 15 is 0 Å². The van der Waals surface area contributed by atoms with Gasteiger partial charge < -0.3 is 15.4 Å². The van der Waals surface area contributed by atoms with E-state index in [0.29, 0.717) is 23.0 Å². The second-order valence-electron chi connectivity index (χ2n) is 8.32. The fourth-order valence-corrected chi connectivity index (χ4v) is 4.66. The summed E-state index contributed by atoms with van der Waals surface area (Å²) < 4.78 is 33.4. The molecule has 3 aromatic rings. The predicted octanol–water partition coefficient (Wildman–Crippen LogP) is 4.03. The van der Waals surface area contributed by atoms with Crippen LogP contribution in [0.1, 0.15) is 26.3 Å². The molecule has 8 nitrogen and oxygen atoms in total. The van der Waals surface area contributed by atoms with Crippen LogP contribution in [0, 0.1) is 5.92 Å². The molecule has 180 valence electrons. The van der Waals surface area contributed by atoms with Crippen molar-refractivity contribution in [1.29, 1.82) is 0 Å². The summed E-state index contributed by atoms with van der Waals surface area (Å²) in [4.78, 5) is 24.9. The van der Waals surface area contributed by atoms with Gasteiger partial charge >= 0.3 is 6.09 Å². The average molecular weight is 484 g/mol. The first-order valence-corrected chi connectivity index (χ1v) is 12.4. The average Bonchev–Trinajstić information content (AvgIpc) is 2.82. The third kappa shape index (κ3) is 6.55. The number of sulfonamides is 1. The summed E-state index contributed by atoms with van der Waals surface area (Å²) in [6.45, 7) is 5.79. The van der Waals surface area contributed by atoms with Crippen LogP contribution in [0.25, 0.3) is 10.8 Å². The van der Waals surface area contributed by atoms with Gasteiger partial charge in [-0.3, -0.25) is 4.79 Å².